The molecule has 1 aromatic carbocycles. The summed E-state index contributed by atoms with van der Waals surface area (Å²) in [5, 5.41) is 7.61. The molecular formula is C19H23FN4O4. The van der Waals surface area contributed by atoms with Gasteiger partial charge in [0.15, 0.2) is 0 Å². The molecule has 0 bridgehead atoms. The molecule has 0 radical (unpaired) electrons. The van der Waals surface area contributed by atoms with Gasteiger partial charge in [0.05, 0.1) is 5.69 Å². The molecule has 5 amide bonds. The summed E-state index contributed by atoms with van der Waals surface area (Å²) in [7, 11) is 0. The molecule has 2 fully saturated rings. The molecule has 2 unspecified atom stereocenters. The van der Waals surface area contributed by atoms with Gasteiger partial charge in [-0.25, -0.2) is 9.18 Å². The fourth-order valence-electron chi connectivity index (χ4n) is 3.87. The second kappa shape index (κ2) is 7.57. The van der Waals surface area contributed by atoms with Crippen LogP contribution in [0.25, 0.3) is 0 Å². The van der Waals surface area contributed by atoms with Crippen LogP contribution >= 0.6 is 0 Å². The van der Waals surface area contributed by atoms with Gasteiger partial charge in [0.25, 0.3) is 5.91 Å². The summed E-state index contributed by atoms with van der Waals surface area (Å²) in [6, 6.07) is 3.12. The lowest BCUT2D eigenvalue weighted by atomic mass is 9.73. The Bertz CT molecular complexity index is 843. The Hall–Kier alpha value is -2.97. The topological polar surface area (TPSA) is 108 Å². The first-order valence-corrected chi connectivity index (χ1v) is 9.24. The Morgan fingerprint density at radius 3 is 2.71 bits per heavy atom. The van der Waals surface area contributed by atoms with E-state index in [0.717, 1.165) is 30.2 Å². The van der Waals surface area contributed by atoms with Gasteiger partial charge < -0.3 is 16.0 Å². The SMILES string of the molecule is CC(=O)Nc1ccc(F)c(NC(=O)CN2C(=O)NC3(CCCCC3C)C2=O)c1. The molecule has 1 heterocycles. The molecule has 3 N–H and O–H groups in total. The first-order chi connectivity index (χ1) is 13.2. The molecule has 1 spiro atoms. The van der Waals surface area contributed by atoms with Crippen LogP contribution in [0, 0.1) is 11.7 Å². The van der Waals surface area contributed by atoms with Gasteiger partial charge in [-0.05, 0) is 37.0 Å². The van der Waals surface area contributed by atoms with E-state index in [1.165, 1.54) is 19.1 Å². The van der Waals surface area contributed by atoms with Gasteiger partial charge >= 0.3 is 6.03 Å². The van der Waals surface area contributed by atoms with Gasteiger partial charge in [0.1, 0.15) is 17.9 Å². The Morgan fingerprint density at radius 1 is 1.29 bits per heavy atom. The van der Waals surface area contributed by atoms with E-state index in [1.54, 1.807) is 0 Å². The van der Waals surface area contributed by atoms with E-state index in [4.69, 9.17) is 0 Å². The molecule has 8 nitrogen and oxygen atoms in total. The molecule has 1 aromatic rings. The monoisotopic (exact) mass is 390 g/mol. The number of halogens is 1. The highest BCUT2D eigenvalue weighted by Crippen LogP contribution is 2.38. The van der Waals surface area contributed by atoms with Gasteiger partial charge in [-0.1, -0.05) is 19.8 Å². The van der Waals surface area contributed by atoms with Crippen molar-refractivity contribution >= 4 is 35.1 Å². The molecule has 3 rings (SSSR count). The Kier molecular flexibility index (Phi) is 5.35. The fourth-order valence-corrected chi connectivity index (χ4v) is 3.87. The molecular weight excluding hydrogens is 367 g/mol. The Morgan fingerprint density at radius 2 is 2.04 bits per heavy atom. The minimum absolute atomic E-state index is 0.0162. The molecule has 1 aliphatic heterocycles. The lowest BCUT2D eigenvalue weighted by molar-refractivity contribution is -0.136. The molecule has 9 heteroatoms. The average Bonchev–Trinajstić information content (AvgIpc) is 2.85. The number of hydrogen-bond donors (Lipinski definition) is 3. The van der Waals surface area contributed by atoms with Crippen LogP contribution in [0.3, 0.4) is 0 Å². The van der Waals surface area contributed by atoms with E-state index < -0.39 is 35.7 Å². The fraction of sp³-hybridized carbons (Fsp3) is 0.474. The van der Waals surface area contributed by atoms with Crippen LogP contribution in [0.15, 0.2) is 18.2 Å². The van der Waals surface area contributed by atoms with Crippen LogP contribution in [0.1, 0.15) is 39.5 Å². The normalized spacial score (nSPS) is 24.2. The predicted molar refractivity (Wildman–Crippen MR) is 99.9 cm³/mol. The molecule has 2 atom stereocenters. The van der Waals surface area contributed by atoms with Gasteiger partial charge in [-0.3, -0.25) is 19.3 Å². The third-order valence-electron chi connectivity index (χ3n) is 5.36. The van der Waals surface area contributed by atoms with Crippen LogP contribution in [-0.2, 0) is 14.4 Å². The number of rotatable bonds is 4. The van der Waals surface area contributed by atoms with Gasteiger partial charge in [0.2, 0.25) is 11.8 Å². The third kappa shape index (κ3) is 3.69. The molecule has 2 aliphatic rings. The van der Waals surface area contributed by atoms with Crippen molar-refractivity contribution in [2.24, 2.45) is 5.92 Å². The van der Waals surface area contributed by atoms with Crippen LogP contribution in [0.4, 0.5) is 20.6 Å². The lowest BCUT2D eigenvalue weighted by Crippen LogP contribution is -2.54. The van der Waals surface area contributed by atoms with Crippen molar-refractivity contribution in [1.29, 1.82) is 0 Å². The quantitative estimate of drug-likeness (QED) is 0.685. The zero-order valence-electron chi connectivity index (χ0n) is 15.8. The van der Waals surface area contributed by atoms with Gasteiger partial charge in [-0.2, -0.15) is 0 Å². The van der Waals surface area contributed by atoms with Crippen molar-refractivity contribution in [1.82, 2.24) is 10.2 Å². The van der Waals surface area contributed by atoms with Gasteiger partial charge in [-0.15, -0.1) is 0 Å². The highest BCUT2D eigenvalue weighted by atomic mass is 19.1. The van der Waals surface area contributed by atoms with E-state index in [2.05, 4.69) is 16.0 Å². The first-order valence-electron chi connectivity index (χ1n) is 9.24. The van der Waals surface area contributed by atoms with Crippen molar-refractivity contribution in [2.75, 3.05) is 17.2 Å². The predicted octanol–water partition coefficient (Wildman–Crippen LogP) is 2.22. The zero-order chi connectivity index (χ0) is 20.5. The molecule has 28 heavy (non-hydrogen) atoms. The summed E-state index contributed by atoms with van der Waals surface area (Å²) >= 11 is 0. The van der Waals surface area contributed by atoms with Crippen LogP contribution in [0.5, 0.6) is 0 Å². The summed E-state index contributed by atoms with van der Waals surface area (Å²) in [4.78, 5) is 49.6. The first kappa shape index (κ1) is 19.8. The maximum absolute atomic E-state index is 14.0. The maximum atomic E-state index is 14.0. The zero-order valence-corrected chi connectivity index (χ0v) is 15.8. The van der Waals surface area contributed by atoms with E-state index in [0.29, 0.717) is 12.1 Å². The smallest absolute Gasteiger partial charge is 0.325 e. The molecule has 1 aliphatic carbocycles. The molecule has 0 aromatic heterocycles. The highest BCUT2D eigenvalue weighted by Gasteiger charge is 2.55. The number of imide groups is 1. The molecule has 150 valence electrons. The summed E-state index contributed by atoms with van der Waals surface area (Å²) in [6.45, 7) is 2.72. The van der Waals surface area contributed by atoms with Crippen molar-refractivity contribution < 1.29 is 23.6 Å². The number of carbonyl (C=O) groups is 4. The van der Waals surface area contributed by atoms with E-state index in [1.807, 2.05) is 6.92 Å². The Labute approximate surface area is 161 Å². The third-order valence-corrected chi connectivity index (χ3v) is 5.36. The number of nitrogens with zero attached hydrogens (tertiary/aromatic N) is 1. The minimum atomic E-state index is -0.952. The summed E-state index contributed by atoms with van der Waals surface area (Å²) in [5.74, 6) is -2.17. The van der Waals surface area contributed by atoms with Crippen molar-refractivity contribution in [2.45, 2.75) is 45.1 Å². The number of nitrogens with one attached hydrogen (secondary N) is 3. The number of anilines is 2. The second-order valence-corrected chi connectivity index (χ2v) is 7.36. The molecule has 1 saturated carbocycles. The van der Waals surface area contributed by atoms with Gasteiger partial charge in [0, 0.05) is 12.6 Å². The number of urea groups is 1. The van der Waals surface area contributed by atoms with E-state index >= 15 is 0 Å². The standard InChI is InChI=1S/C19H23FN4O4/c1-11-5-3-4-8-19(11)17(27)24(18(28)23-19)10-16(26)22-15-9-13(21-12(2)25)6-7-14(15)20/h6-7,9,11H,3-5,8,10H2,1-2H3,(H,21,25)(H,22,26)(H,23,28). The van der Waals surface area contributed by atoms with Crippen LogP contribution in [-0.4, -0.2) is 40.7 Å². The van der Waals surface area contributed by atoms with E-state index in [9.17, 15) is 23.6 Å². The summed E-state index contributed by atoms with van der Waals surface area (Å²) in [6.07, 6.45) is 3.20. The number of carbonyl (C=O) groups excluding carboxylic acids is 4. The van der Waals surface area contributed by atoms with Crippen LogP contribution < -0.4 is 16.0 Å². The Balaban J connectivity index is 1.71. The number of benzene rings is 1. The number of hydrogen-bond acceptors (Lipinski definition) is 4. The largest absolute Gasteiger partial charge is 0.326 e. The maximum Gasteiger partial charge on any atom is 0.325 e. The van der Waals surface area contributed by atoms with Crippen LogP contribution in [0.2, 0.25) is 0 Å². The highest BCUT2D eigenvalue weighted by molar-refractivity contribution is 6.10. The summed E-state index contributed by atoms with van der Waals surface area (Å²) < 4.78 is 14.0. The molecule has 1 saturated heterocycles. The second-order valence-electron chi connectivity index (χ2n) is 7.36. The van der Waals surface area contributed by atoms with Crippen molar-refractivity contribution in [3.63, 3.8) is 0 Å². The van der Waals surface area contributed by atoms with Crippen molar-refractivity contribution in [3.8, 4) is 0 Å². The number of amides is 5. The average molecular weight is 390 g/mol. The summed E-state index contributed by atoms with van der Waals surface area (Å²) in [5.41, 5.74) is -0.787. The van der Waals surface area contributed by atoms with E-state index in [-0.39, 0.29) is 17.5 Å². The lowest BCUT2D eigenvalue weighted by Gasteiger charge is -2.36. The van der Waals surface area contributed by atoms with Crippen molar-refractivity contribution in [3.05, 3.63) is 24.0 Å². The minimum Gasteiger partial charge on any atom is -0.326 e.